The summed E-state index contributed by atoms with van der Waals surface area (Å²) >= 11 is 1.42. The minimum Gasteiger partial charge on any atom is -0.467 e. The predicted octanol–water partition coefficient (Wildman–Crippen LogP) is -1.83. The van der Waals surface area contributed by atoms with E-state index in [1.807, 2.05) is 0 Å². The quantitative estimate of drug-likeness (QED) is 0.566. The molecular formula is C9H14N2O5S. The van der Waals surface area contributed by atoms with E-state index in [-0.39, 0.29) is 12.5 Å². The fourth-order valence-corrected chi connectivity index (χ4v) is 2.18. The molecule has 1 aliphatic heterocycles. The first-order valence-corrected chi connectivity index (χ1v) is 6.07. The maximum atomic E-state index is 11.5. The Morgan fingerprint density at radius 1 is 1.65 bits per heavy atom. The van der Waals surface area contributed by atoms with Gasteiger partial charge in [-0.1, -0.05) is 0 Å². The van der Waals surface area contributed by atoms with E-state index >= 15 is 0 Å². The van der Waals surface area contributed by atoms with Crippen LogP contribution in [-0.2, 0) is 19.1 Å². The molecule has 1 aliphatic rings. The summed E-state index contributed by atoms with van der Waals surface area (Å²) < 4.78 is 4.40. The Morgan fingerprint density at radius 3 is 2.82 bits per heavy atom. The lowest BCUT2D eigenvalue weighted by Gasteiger charge is -2.17. The molecule has 1 saturated heterocycles. The van der Waals surface area contributed by atoms with Gasteiger partial charge in [-0.15, -0.1) is 11.8 Å². The van der Waals surface area contributed by atoms with Gasteiger partial charge in [-0.25, -0.2) is 4.79 Å². The van der Waals surface area contributed by atoms with E-state index in [1.165, 1.54) is 16.7 Å². The van der Waals surface area contributed by atoms with Crippen LogP contribution in [0.25, 0.3) is 0 Å². The van der Waals surface area contributed by atoms with Crippen LogP contribution in [0.5, 0.6) is 0 Å². The Bertz CT molecular complexity index is 323. The first kappa shape index (κ1) is 13.8. The largest absolute Gasteiger partial charge is 0.467 e. The van der Waals surface area contributed by atoms with Gasteiger partial charge in [0.15, 0.2) is 6.04 Å². The molecule has 1 unspecified atom stereocenters. The number of methoxy groups -OCH3 is 1. The molecule has 0 radical (unpaired) electrons. The number of nitrogens with one attached hydrogen (secondary N) is 1. The molecule has 1 heterocycles. The molecule has 8 heteroatoms. The fraction of sp³-hybridized carbons (Fsp3) is 0.667. The summed E-state index contributed by atoms with van der Waals surface area (Å²) in [6.07, 6.45) is 0. The van der Waals surface area contributed by atoms with Gasteiger partial charge in [-0.3, -0.25) is 9.59 Å². The lowest BCUT2D eigenvalue weighted by molar-refractivity contribution is -0.146. The van der Waals surface area contributed by atoms with Crippen molar-refractivity contribution in [1.82, 2.24) is 10.2 Å². The van der Waals surface area contributed by atoms with Crippen molar-refractivity contribution < 1.29 is 24.2 Å². The van der Waals surface area contributed by atoms with Gasteiger partial charge in [-0.2, -0.15) is 0 Å². The summed E-state index contributed by atoms with van der Waals surface area (Å²) in [5.41, 5.74) is 0. The van der Waals surface area contributed by atoms with E-state index in [0.29, 0.717) is 11.6 Å². The van der Waals surface area contributed by atoms with Crippen molar-refractivity contribution in [2.24, 2.45) is 0 Å². The molecule has 0 saturated carbocycles. The number of rotatable bonds is 5. The lowest BCUT2D eigenvalue weighted by atomic mass is 10.3. The highest BCUT2D eigenvalue weighted by atomic mass is 32.2. The number of nitrogens with zero attached hydrogens (tertiary/aromatic N) is 1. The van der Waals surface area contributed by atoms with Crippen molar-refractivity contribution in [2.75, 3.05) is 31.9 Å². The van der Waals surface area contributed by atoms with Crippen LogP contribution in [0.1, 0.15) is 0 Å². The number of aliphatic hydroxyl groups excluding tert-OH is 1. The van der Waals surface area contributed by atoms with Gasteiger partial charge in [0.05, 0.1) is 25.3 Å². The third kappa shape index (κ3) is 3.90. The minimum atomic E-state index is -1.09. The van der Waals surface area contributed by atoms with Crippen LogP contribution in [0.15, 0.2) is 0 Å². The van der Waals surface area contributed by atoms with Gasteiger partial charge in [-0.05, 0) is 0 Å². The van der Waals surface area contributed by atoms with E-state index in [2.05, 4.69) is 10.1 Å². The Hall–Kier alpha value is -1.28. The van der Waals surface area contributed by atoms with Crippen molar-refractivity contribution in [3.8, 4) is 0 Å². The van der Waals surface area contributed by atoms with Crippen LogP contribution in [-0.4, -0.2) is 65.7 Å². The average molecular weight is 262 g/mol. The van der Waals surface area contributed by atoms with Gasteiger partial charge in [0.1, 0.15) is 6.54 Å². The molecular weight excluding hydrogens is 248 g/mol. The number of esters is 1. The normalized spacial score (nSPS) is 16.8. The Morgan fingerprint density at radius 2 is 2.35 bits per heavy atom. The van der Waals surface area contributed by atoms with Crippen LogP contribution in [0, 0.1) is 0 Å². The maximum absolute atomic E-state index is 11.5. The molecule has 1 fully saturated rings. The van der Waals surface area contributed by atoms with E-state index in [1.54, 1.807) is 0 Å². The van der Waals surface area contributed by atoms with Crippen molar-refractivity contribution >= 4 is 29.5 Å². The van der Waals surface area contributed by atoms with Crippen molar-refractivity contribution in [2.45, 2.75) is 6.04 Å². The van der Waals surface area contributed by atoms with E-state index in [4.69, 9.17) is 5.11 Å². The summed E-state index contributed by atoms with van der Waals surface area (Å²) in [7, 11) is 1.16. The molecule has 0 aromatic carbocycles. The molecule has 1 rings (SSSR count). The van der Waals surface area contributed by atoms with Crippen molar-refractivity contribution in [3.05, 3.63) is 0 Å². The second kappa shape index (κ2) is 6.45. The minimum absolute atomic E-state index is 0.108. The Labute approximate surface area is 102 Å². The molecule has 2 N–H and O–H groups in total. The third-order valence-corrected chi connectivity index (χ3v) is 3.11. The number of thioether (sulfide) groups is 1. The van der Waals surface area contributed by atoms with Crippen LogP contribution < -0.4 is 5.32 Å². The number of amides is 2. The molecule has 1 atom stereocenters. The Kier molecular flexibility index (Phi) is 5.23. The molecule has 0 aromatic heterocycles. The third-order valence-electron chi connectivity index (χ3n) is 2.16. The van der Waals surface area contributed by atoms with E-state index in [9.17, 15) is 14.4 Å². The van der Waals surface area contributed by atoms with Gasteiger partial charge in [0.25, 0.3) is 0 Å². The molecule has 96 valence electrons. The highest BCUT2D eigenvalue weighted by Gasteiger charge is 2.25. The molecule has 0 bridgehead atoms. The maximum Gasteiger partial charge on any atom is 0.330 e. The number of hydrogen-bond donors (Lipinski definition) is 2. The van der Waals surface area contributed by atoms with Gasteiger partial charge < -0.3 is 20.1 Å². The molecule has 17 heavy (non-hydrogen) atoms. The number of ether oxygens (including phenoxy) is 1. The second-order valence-electron chi connectivity index (χ2n) is 3.40. The van der Waals surface area contributed by atoms with Gasteiger partial charge in [0.2, 0.25) is 11.8 Å². The SMILES string of the molecule is COC(=O)C(CO)NC(=O)CN1CSCC1=O. The smallest absolute Gasteiger partial charge is 0.330 e. The zero-order valence-electron chi connectivity index (χ0n) is 9.34. The predicted molar refractivity (Wildman–Crippen MR) is 60.1 cm³/mol. The molecule has 0 aromatic rings. The van der Waals surface area contributed by atoms with E-state index < -0.39 is 24.5 Å². The standard InChI is InChI=1S/C9H14N2O5S/c1-16-9(15)6(3-12)10-7(13)2-11-5-17-4-8(11)14/h6,12H,2-5H2,1H3,(H,10,13). The van der Waals surface area contributed by atoms with Crippen LogP contribution >= 0.6 is 11.8 Å². The van der Waals surface area contributed by atoms with Crippen LogP contribution in [0.4, 0.5) is 0 Å². The van der Waals surface area contributed by atoms with Crippen molar-refractivity contribution in [1.29, 1.82) is 0 Å². The Balaban J connectivity index is 2.42. The topological polar surface area (TPSA) is 95.9 Å². The summed E-state index contributed by atoms with van der Waals surface area (Å²) in [4.78, 5) is 35.2. The number of aliphatic hydroxyl groups is 1. The van der Waals surface area contributed by atoms with Crippen molar-refractivity contribution in [3.63, 3.8) is 0 Å². The summed E-state index contributed by atoms with van der Waals surface area (Å²) in [5.74, 6) is -0.487. The van der Waals surface area contributed by atoms with E-state index in [0.717, 1.165) is 7.11 Å². The molecule has 7 nitrogen and oxygen atoms in total. The fourth-order valence-electron chi connectivity index (χ4n) is 1.27. The first-order chi connectivity index (χ1) is 8.08. The number of carbonyl (C=O) groups is 3. The molecule has 0 aliphatic carbocycles. The second-order valence-corrected chi connectivity index (χ2v) is 4.35. The summed E-state index contributed by atoms with van der Waals surface area (Å²) in [6, 6.07) is -1.09. The van der Waals surface area contributed by atoms with Gasteiger partial charge >= 0.3 is 5.97 Å². The van der Waals surface area contributed by atoms with Crippen LogP contribution in [0.3, 0.4) is 0 Å². The highest BCUT2D eigenvalue weighted by Crippen LogP contribution is 2.13. The zero-order chi connectivity index (χ0) is 12.8. The molecule has 0 spiro atoms. The highest BCUT2D eigenvalue weighted by molar-refractivity contribution is 8.00. The van der Waals surface area contributed by atoms with Gasteiger partial charge in [0, 0.05) is 0 Å². The number of carbonyl (C=O) groups excluding carboxylic acids is 3. The lowest BCUT2D eigenvalue weighted by Crippen LogP contribution is -2.48. The summed E-state index contributed by atoms with van der Waals surface area (Å²) in [6.45, 7) is -0.652. The number of hydrogen-bond acceptors (Lipinski definition) is 6. The monoisotopic (exact) mass is 262 g/mol. The zero-order valence-corrected chi connectivity index (χ0v) is 10.2. The van der Waals surface area contributed by atoms with Crippen LogP contribution in [0.2, 0.25) is 0 Å². The first-order valence-electron chi connectivity index (χ1n) is 4.92. The average Bonchev–Trinajstić information content (AvgIpc) is 2.71. The molecule has 2 amide bonds. The summed E-state index contributed by atoms with van der Waals surface area (Å²) in [5, 5.41) is 11.2.